The summed E-state index contributed by atoms with van der Waals surface area (Å²) in [6.07, 6.45) is 1.67. The lowest BCUT2D eigenvalue weighted by atomic mass is 10.2. The largest absolute Gasteiger partial charge is 0.250 e. The molecule has 0 aliphatic carbocycles. The molecule has 7 heteroatoms. The summed E-state index contributed by atoms with van der Waals surface area (Å²) in [4.78, 5) is 5.04. The summed E-state index contributed by atoms with van der Waals surface area (Å²) >= 11 is 7.43. The van der Waals surface area contributed by atoms with Gasteiger partial charge in [0.1, 0.15) is 4.90 Å². The van der Waals surface area contributed by atoms with Gasteiger partial charge in [-0.2, -0.15) is 0 Å². The predicted octanol–water partition coefficient (Wildman–Crippen LogP) is 2.89. The normalized spacial score (nSPS) is 11.7. The second-order valence-electron chi connectivity index (χ2n) is 4.10. The summed E-state index contributed by atoms with van der Waals surface area (Å²) in [5.41, 5.74) is 0.919. The van der Waals surface area contributed by atoms with Crippen molar-refractivity contribution in [3.05, 3.63) is 44.9 Å². The third-order valence-corrected chi connectivity index (χ3v) is 5.28. The SMILES string of the molecule is Cc1ccc(S(=O)(=O)NCc2cnc(C)s2)c(Cl)c1. The van der Waals surface area contributed by atoms with Gasteiger partial charge in [-0.25, -0.2) is 18.1 Å². The van der Waals surface area contributed by atoms with E-state index in [9.17, 15) is 8.42 Å². The summed E-state index contributed by atoms with van der Waals surface area (Å²) in [7, 11) is -3.60. The molecule has 2 rings (SSSR count). The van der Waals surface area contributed by atoms with Crippen LogP contribution in [0.5, 0.6) is 0 Å². The van der Waals surface area contributed by atoms with Gasteiger partial charge >= 0.3 is 0 Å². The number of nitrogens with zero attached hydrogens (tertiary/aromatic N) is 1. The highest BCUT2D eigenvalue weighted by molar-refractivity contribution is 7.89. The van der Waals surface area contributed by atoms with Crippen molar-refractivity contribution in [1.29, 1.82) is 0 Å². The third kappa shape index (κ3) is 3.54. The van der Waals surface area contributed by atoms with Crippen molar-refractivity contribution in [3.8, 4) is 0 Å². The Balaban J connectivity index is 2.18. The Labute approximate surface area is 121 Å². The number of hydrogen-bond donors (Lipinski definition) is 1. The minimum absolute atomic E-state index is 0.0982. The summed E-state index contributed by atoms with van der Waals surface area (Å²) in [6.45, 7) is 3.95. The van der Waals surface area contributed by atoms with Gasteiger partial charge in [0.15, 0.2) is 0 Å². The maximum atomic E-state index is 12.1. The number of aryl methyl sites for hydroxylation is 2. The molecule has 0 unspecified atom stereocenters. The molecular weight excluding hydrogens is 304 g/mol. The zero-order valence-electron chi connectivity index (χ0n) is 10.5. The summed E-state index contributed by atoms with van der Waals surface area (Å²) < 4.78 is 26.8. The van der Waals surface area contributed by atoms with Crippen LogP contribution in [0.1, 0.15) is 15.4 Å². The van der Waals surface area contributed by atoms with Gasteiger partial charge in [0.25, 0.3) is 0 Å². The highest BCUT2D eigenvalue weighted by Crippen LogP contribution is 2.22. The molecule has 102 valence electrons. The topological polar surface area (TPSA) is 59.1 Å². The van der Waals surface area contributed by atoms with Crippen molar-refractivity contribution in [2.45, 2.75) is 25.3 Å². The molecule has 0 aliphatic heterocycles. The Morgan fingerprint density at radius 1 is 1.37 bits per heavy atom. The first kappa shape index (κ1) is 14.5. The predicted molar refractivity (Wildman–Crippen MR) is 77.1 cm³/mol. The van der Waals surface area contributed by atoms with E-state index in [1.807, 2.05) is 13.8 Å². The highest BCUT2D eigenvalue weighted by atomic mass is 35.5. The number of nitrogens with one attached hydrogen (secondary N) is 1. The lowest BCUT2D eigenvalue weighted by Crippen LogP contribution is -2.23. The van der Waals surface area contributed by atoms with E-state index in [-0.39, 0.29) is 16.5 Å². The van der Waals surface area contributed by atoms with Crippen molar-refractivity contribution in [3.63, 3.8) is 0 Å². The fourth-order valence-electron chi connectivity index (χ4n) is 1.55. The van der Waals surface area contributed by atoms with E-state index in [0.29, 0.717) is 0 Å². The van der Waals surface area contributed by atoms with Crippen LogP contribution in [0.25, 0.3) is 0 Å². The van der Waals surface area contributed by atoms with Crippen molar-refractivity contribution in [2.75, 3.05) is 0 Å². The van der Waals surface area contributed by atoms with Crippen LogP contribution in [-0.4, -0.2) is 13.4 Å². The summed E-state index contributed by atoms with van der Waals surface area (Å²) in [5.74, 6) is 0. The molecule has 19 heavy (non-hydrogen) atoms. The van der Waals surface area contributed by atoms with Crippen molar-refractivity contribution in [1.82, 2.24) is 9.71 Å². The number of benzene rings is 1. The molecule has 0 aliphatic rings. The maximum absolute atomic E-state index is 12.1. The quantitative estimate of drug-likeness (QED) is 0.943. The lowest BCUT2D eigenvalue weighted by molar-refractivity contribution is 0.582. The average molecular weight is 317 g/mol. The van der Waals surface area contributed by atoms with Crippen LogP contribution in [0.3, 0.4) is 0 Å². The van der Waals surface area contributed by atoms with E-state index in [0.717, 1.165) is 15.4 Å². The zero-order chi connectivity index (χ0) is 14.0. The molecule has 0 amide bonds. The molecule has 1 aromatic carbocycles. The molecule has 2 aromatic rings. The molecule has 0 saturated heterocycles. The Kier molecular flexibility index (Phi) is 4.25. The van der Waals surface area contributed by atoms with E-state index in [1.54, 1.807) is 18.3 Å². The Morgan fingerprint density at radius 2 is 2.11 bits per heavy atom. The smallest absolute Gasteiger partial charge is 0.242 e. The Morgan fingerprint density at radius 3 is 2.68 bits per heavy atom. The van der Waals surface area contributed by atoms with Gasteiger partial charge < -0.3 is 0 Å². The van der Waals surface area contributed by atoms with Crippen molar-refractivity contribution < 1.29 is 8.42 Å². The molecule has 0 bridgehead atoms. The highest BCUT2D eigenvalue weighted by Gasteiger charge is 2.17. The first-order chi connectivity index (χ1) is 8.88. The zero-order valence-corrected chi connectivity index (χ0v) is 12.9. The molecule has 0 fully saturated rings. The lowest BCUT2D eigenvalue weighted by Gasteiger charge is -2.07. The summed E-state index contributed by atoms with van der Waals surface area (Å²) in [6, 6.07) is 4.86. The average Bonchev–Trinajstić information content (AvgIpc) is 2.72. The molecule has 1 aromatic heterocycles. The number of thiazole rings is 1. The van der Waals surface area contributed by atoms with E-state index in [1.165, 1.54) is 17.4 Å². The van der Waals surface area contributed by atoms with Gasteiger partial charge in [0, 0.05) is 17.6 Å². The van der Waals surface area contributed by atoms with Gasteiger partial charge in [-0.05, 0) is 31.5 Å². The molecule has 4 nitrogen and oxygen atoms in total. The van der Waals surface area contributed by atoms with Crippen LogP contribution in [0, 0.1) is 13.8 Å². The minimum atomic E-state index is -3.60. The Bertz CT molecular complexity index is 696. The van der Waals surface area contributed by atoms with E-state index in [4.69, 9.17) is 11.6 Å². The maximum Gasteiger partial charge on any atom is 0.242 e. The molecule has 0 saturated carbocycles. The van der Waals surface area contributed by atoms with Crippen LogP contribution in [-0.2, 0) is 16.6 Å². The Hall–Kier alpha value is -0.950. The van der Waals surface area contributed by atoms with Gasteiger partial charge in [0.2, 0.25) is 10.0 Å². The summed E-state index contributed by atoms with van der Waals surface area (Å²) in [5, 5.41) is 1.13. The molecule has 0 radical (unpaired) electrons. The van der Waals surface area contributed by atoms with E-state index >= 15 is 0 Å². The van der Waals surface area contributed by atoms with Crippen molar-refractivity contribution >= 4 is 33.0 Å². The first-order valence-electron chi connectivity index (χ1n) is 5.55. The third-order valence-electron chi connectivity index (χ3n) is 2.48. The number of sulfonamides is 1. The van der Waals surface area contributed by atoms with Gasteiger partial charge in [-0.15, -0.1) is 11.3 Å². The molecule has 0 atom stereocenters. The number of rotatable bonds is 4. The van der Waals surface area contributed by atoms with Gasteiger partial charge in [-0.3, -0.25) is 0 Å². The first-order valence-corrected chi connectivity index (χ1v) is 8.23. The number of hydrogen-bond acceptors (Lipinski definition) is 4. The molecule has 0 spiro atoms. The van der Waals surface area contributed by atoms with E-state index in [2.05, 4.69) is 9.71 Å². The second-order valence-corrected chi connectivity index (χ2v) is 7.57. The van der Waals surface area contributed by atoms with Crippen LogP contribution in [0.4, 0.5) is 0 Å². The second kappa shape index (κ2) is 5.58. The van der Waals surface area contributed by atoms with E-state index < -0.39 is 10.0 Å². The monoisotopic (exact) mass is 316 g/mol. The van der Waals surface area contributed by atoms with Gasteiger partial charge in [-0.1, -0.05) is 17.7 Å². The van der Waals surface area contributed by atoms with Crippen molar-refractivity contribution in [2.24, 2.45) is 0 Å². The molecular formula is C12H13ClN2O2S2. The van der Waals surface area contributed by atoms with Crippen LogP contribution in [0.2, 0.25) is 5.02 Å². The fraction of sp³-hybridized carbons (Fsp3) is 0.250. The number of aromatic nitrogens is 1. The van der Waals surface area contributed by atoms with Crippen LogP contribution in [0.15, 0.2) is 29.3 Å². The molecule has 1 N–H and O–H groups in total. The van der Waals surface area contributed by atoms with Crippen LogP contribution < -0.4 is 4.72 Å². The fourth-order valence-corrected chi connectivity index (χ4v) is 3.98. The number of halogens is 1. The van der Waals surface area contributed by atoms with Gasteiger partial charge in [0.05, 0.1) is 10.0 Å². The standard InChI is InChI=1S/C12H13ClN2O2S2/c1-8-3-4-12(11(13)5-8)19(16,17)15-7-10-6-14-9(2)18-10/h3-6,15H,7H2,1-2H3. The van der Waals surface area contributed by atoms with Crippen LogP contribution >= 0.6 is 22.9 Å². The minimum Gasteiger partial charge on any atom is -0.250 e. The molecule has 1 heterocycles.